The summed E-state index contributed by atoms with van der Waals surface area (Å²) in [5, 5.41) is 0. The molecule has 2 fully saturated rings. The molecule has 17 heavy (non-hydrogen) atoms. The summed E-state index contributed by atoms with van der Waals surface area (Å²) < 4.78 is 0. The van der Waals surface area contributed by atoms with Gasteiger partial charge in [-0.2, -0.15) is 0 Å². The van der Waals surface area contributed by atoms with Gasteiger partial charge in [-0.1, -0.05) is 6.42 Å². The average molecular weight is 230 g/mol. The molecule has 2 heterocycles. The van der Waals surface area contributed by atoms with Crippen molar-refractivity contribution in [3.05, 3.63) is 23.9 Å². The number of carbonyl (C=O) groups excluding carboxylic acids is 1. The van der Waals surface area contributed by atoms with Crippen LogP contribution in [-0.4, -0.2) is 23.9 Å². The van der Waals surface area contributed by atoms with E-state index in [-0.39, 0.29) is 5.78 Å². The lowest BCUT2D eigenvalue weighted by Gasteiger charge is -2.20. The number of ketones is 1. The van der Waals surface area contributed by atoms with Crippen LogP contribution in [0.1, 0.15) is 36.5 Å². The summed E-state index contributed by atoms with van der Waals surface area (Å²) in [4.78, 5) is 18.3. The molecule has 1 saturated heterocycles. The number of anilines is 1. The second kappa shape index (κ2) is 4.13. The Labute approximate surface area is 102 Å². The maximum absolute atomic E-state index is 11.6. The lowest BCUT2D eigenvalue weighted by molar-refractivity contribution is 0.101. The van der Waals surface area contributed by atoms with Gasteiger partial charge < -0.3 is 4.90 Å². The molecule has 0 aromatic carbocycles. The summed E-state index contributed by atoms with van der Waals surface area (Å²) in [7, 11) is 0. The van der Waals surface area contributed by atoms with E-state index in [1.807, 2.05) is 12.1 Å². The van der Waals surface area contributed by atoms with Gasteiger partial charge in [-0.05, 0) is 43.7 Å². The van der Waals surface area contributed by atoms with Crippen molar-refractivity contribution in [1.82, 2.24) is 4.98 Å². The van der Waals surface area contributed by atoms with Crippen molar-refractivity contribution in [3.8, 4) is 0 Å². The van der Waals surface area contributed by atoms with Gasteiger partial charge in [-0.3, -0.25) is 4.79 Å². The second-order valence-electron chi connectivity index (χ2n) is 5.29. The highest BCUT2D eigenvalue weighted by atomic mass is 16.1. The van der Waals surface area contributed by atoms with Crippen molar-refractivity contribution in [2.45, 2.75) is 26.2 Å². The van der Waals surface area contributed by atoms with Crippen LogP contribution in [0.25, 0.3) is 0 Å². The zero-order valence-electron chi connectivity index (χ0n) is 10.2. The predicted octanol–water partition coefficient (Wildman–Crippen LogP) is 2.52. The summed E-state index contributed by atoms with van der Waals surface area (Å²) >= 11 is 0. The summed E-state index contributed by atoms with van der Waals surface area (Å²) in [5.41, 5.74) is 0.771. The number of aromatic nitrogens is 1. The molecule has 0 spiro atoms. The molecule has 0 radical (unpaired) electrons. The van der Waals surface area contributed by atoms with Crippen molar-refractivity contribution >= 4 is 11.6 Å². The Balaban J connectivity index is 1.88. The minimum atomic E-state index is 0.116. The van der Waals surface area contributed by atoms with Crippen molar-refractivity contribution in [2.24, 2.45) is 11.8 Å². The third-order valence-corrected chi connectivity index (χ3v) is 4.19. The van der Waals surface area contributed by atoms with Crippen molar-refractivity contribution < 1.29 is 4.79 Å². The van der Waals surface area contributed by atoms with Gasteiger partial charge in [0, 0.05) is 19.3 Å². The van der Waals surface area contributed by atoms with Crippen LogP contribution in [0.5, 0.6) is 0 Å². The smallest absolute Gasteiger partial charge is 0.163 e. The second-order valence-corrected chi connectivity index (χ2v) is 5.29. The number of pyridine rings is 1. The lowest BCUT2D eigenvalue weighted by atomic mass is 10.0. The van der Waals surface area contributed by atoms with Gasteiger partial charge in [-0.15, -0.1) is 0 Å². The third kappa shape index (κ3) is 1.84. The monoisotopic (exact) mass is 230 g/mol. The highest BCUT2D eigenvalue weighted by molar-refractivity contribution is 5.98. The van der Waals surface area contributed by atoms with Crippen LogP contribution in [0, 0.1) is 11.8 Å². The topological polar surface area (TPSA) is 33.2 Å². The Morgan fingerprint density at radius 2 is 2.06 bits per heavy atom. The van der Waals surface area contributed by atoms with E-state index in [1.165, 1.54) is 19.3 Å². The minimum absolute atomic E-state index is 0.116. The standard InChI is InChI=1S/C14H18N2O/c1-10(17)13-6-3-7-15-14(13)16-8-11-4-2-5-12(11)9-16/h3,6-7,11-12H,2,4-5,8-9H2,1H3. The first kappa shape index (κ1) is 10.8. The first-order valence-electron chi connectivity index (χ1n) is 6.46. The van der Waals surface area contributed by atoms with Crippen LogP contribution in [0.2, 0.25) is 0 Å². The highest BCUT2D eigenvalue weighted by Crippen LogP contribution is 2.39. The Kier molecular flexibility index (Phi) is 2.61. The molecule has 1 saturated carbocycles. The molecule has 0 amide bonds. The maximum atomic E-state index is 11.6. The SMILES string of the molecule is CC(=O)c1cccnc1N1CC2CCCC2C1. The fourth-order valence-electron chi connectivity index (χ4n) is 3.33. The highest BCUT2D eigenvalue weighted by Gasteiger charge is 2.37. The predicted molar refractivity (Wildman–Crippen MR) is 67.3 cm³/mol. The van der Waals surface area contributed by atoms with Gasteiger partial charge in [0.1, 0.15) is 5.82 Å². The van der Waals surface area contributed by atoms with Crippen molar-refractivity contribution in [2.75, 3.05) is 18.0 Å². The number of fused-ring (bicyclic) bond motifs is 1. The van der Waals surface area contributed by atoms with Gasteiger partial charge in [0.2, 0.25) is 0 Å². The molecule has 2 aliphatic rings. The average Bonchev–Trinajstić information content (AvgIpc) is 2.88. The van der Waals surface area contributed by atoms with E-state index in [2.05, 4.69) is 9.88 Å². The molecule has 0 N–H and O–H groups in total. The van der Waals surface area contributed by atoms with Gasteiger partial charge in [0.05, 0.1) is 5.56 Å². The molecule has 1 aromatic heterocycles. The van der Waals surface area contributed by atoms with Crippen LogP contribution in [-0.2, 0) is 0 Å². The van der Waals surface area contributed by atoms with Crippen molar-refractivity contribution in [1.29, 1.82) is 0 Å². The lowest BCUT2D eigenvalue weighted by Crippen LogP contribution is -2.24. The quantitative estimate of drug-likeness (QED) is 0.732. The Bertz CT molecular complexity index is 432. The Morgan fingerprint density at radius 3 is 2.71 bits per heavy atom. The van der Waals surface area contributed by atoms with E-state index in [1.54, 1.807) is 13.1 Å². The molecular formula is C14H18N2O. The van der Waals surface area contributed by atoms with Crippen LogP contribution >= 0.6 is 0 Å². The minimum Gasteiger partial charge on any atom is -0.355 e. The Morgan fingerprint density at radius 1 is 1.35 bits per heavy atom. The van der Waals surface area contributed by atoms with Crippen molar-refractivity contribution in [3.63, 3.8) is 0 Å². The van der Waals surface area contributed by atoms with E-state index >= 15 is 0 Å². The molecule has 1 aliphatic heterocycles. The number of carbonyl (C=O) groups is 1. The fraction of sp³-hybridized carbons (Fsp3) is 0.571. The normalized spacial score (nSPS) is 27.2. The number of hydrogen-bond donors (Lipinski definition) is 0. The fourth-order valence-corrected chi connectivity index (χ4v) is 3.33. The van der Waals surface area contributed by atoms with E-state index in [4.69, 9.17) is 0 Å². The van der Waals surface area contributed by atoms with Gasteiger partial charge >= 0.3 is 0 Å². The zero-order valence-corrected chi connectivity index (χ0v) is 10.2. The van der Waals surface area contributed by atoms with Gasteiger partial charge in [0.25, 0.3) is 0 Å². The van der Waals surface area contributed by atoms with E-state index in [0.29, 0.717) is 0 Å². The molecule has 90 valence electrons. The zero-order chi connectivity index (χ0) is 11.8. The largest absolute Gasteiger partial charge is 0.355 e. The number of hydrogen-bond acceptors (Lipinski definition) is 3. The van der Waals surface area contributed by atoms with Crippen LogP contribution in [0.15, 0.2) is 18.3 Å². The first-order valence-corrected chi connectivity index (χ1v) is 6.46. The summed E-state index contributed by atoms with van der Waals surface area (Å²) in [6.07, 6.45) is 5.87. The molecule has 3 nitrogen and oxygen atoms in total. The molecule has 2 unspecified atom stereocenters. The maximum Gasteiger partial charge on any atom is 0.163 e. The molecule has 3 heteroatoms. The van der Waals surface area contributed by atoms with Crippen LogP contribution in [0.4, 0.5) is 5.82 Å². The molecule has 1 aliphatic carbocycles. The molecular weight excluding hydrogens is 212 g/mol. The number of Topliss-reactive ketones (excluding diaryl/α,β-unsaturated/α-hetero) is 1. The number of rotatable bonds is 2. The summed E-state index contributed by atoms with van der Waals surface area (Å²) in [6.45, 7) is 3.79. The van der Waals surface area contributed by atoms with E-state index < -0.39 is 0 Å². The summed E-state index contributed by atoms with van der Waals surface area (Å²) in [6, 6.07) is 3.73. The summed E-state index contributed by atoms with van der Waals surface area (Å²) in [5.74, 6) is 2.67. The first-order chi connectivity index (χ1) is 8.25. The number of nitrogens with zero attached hydrogens (tertiary/aromatic N) is 2. The van der Waals surface area contributed by atoms with Gasteiger partial charge in [-0.25, -0.2) is 4.98 Å². The van der Waals surface area contributed by atoms with Crippen LogP contribution < -0.4 is 4.90 Å². The van der Waals surface area contributed by atoms with Crippen LogP contribution in [0.3, 0.4) is 0 Å². The molecule has 0 bridgehead atoms. The Hall–Kier alpha value is -1.38. The molecule has 2 atom stereocenters. The van der Waals surface area contributed by atoms with E-state index in [0.717, 1.165) is 36.3 Å². The van der Waals surface area contributed by atoms with Gasteiger partial charge in [0.15, 0.2) is 5.78 Å². The third-order valence-electron chi connectivity index (χ3n) is 4.19. The molecule has 1 aromatic rings. The van der Waals surface area contributed by atoms with E-state index in [9.17, 15) is 4.79 Å². The molecule has 3 rings (SSSR count).